The molecule has 0 aliphatic rings. The number of rotatable bonds is 5. The van der Waals surface area contributed by atoms with Gasteiger partial charge < -0.3 is 10.1 Å². The quantitative estimate of drug-likeness (QED) is 0.758. The fraction of sp³-hybridized carbons (Fsp3) is 0.118. The Bertz CT molecular complexity index is 772. The van der Waals surface area contributed by atoms with Crippen molar-refractivity contribution in [3.63, 3.8) is 0 Å². The minimum absolute atomic E-state index is 0.167. The number of aromatic amines is 1. The van der Waals surface area contributed by atoms with Gasteiger partial charge >= 0.3 is 0 Å². The van der Waals surface area contributed by atoms with Gasteiger partial charge in [-0.1, -0.05) is 48.5 Å². The van der Waals surface area contributed by atoms with Crippen molar-refractivity contribution in [2.75, 3.05) is 7.11 Å². The van der Waals surface area contributed by atoms with Crippen molar-refractivity contribution in [1.82, 2.24) is 20.5 Å². The van der Waals surface area contributed by atoms with Crippen LogP contribution in [0.25, 0.3) is 0 Å². The highest BCUT2D eigenvalue weighted by Gasteiger charge is 2.21. The number of benzene rings is 2. The van der Waals surface area contributed by atoms with E-state index in [1.807, 2.05) is 54.6 Å². The van der Waals surface area contributed by atoms with Crippen molar-refractivity contribution < 1.29 is 9.53 Å². The van der Waals surface area contributed by atoms with Gasteiger partial charge in [-0.25, -0.2) is 4.98 Å². The summed E-state index contributed by atoms with van der Waals surface area (Å²) in [6.45, 7) is 0. The van der Waals surface area contributed by atoms with Gasteiger partial charge in [0, 0.05) is 5.56 Å². The molecule has 116 valence electrons. The second-order valence-electron chi connectivity index (χ2n) is 4.89. The number of carbonyl (C=O) groups excluding carboxylic acids is 1. The molecular formula is C17H16N4O2. The summed E-state index contributed by atoms with van der Waals surface area (Å²) < 4.78 is 5.43. The zero-order valence-corrected chi connectivity index (χ0v) is 12.6. The molecule has 3 aromatic rings. The number of amides is 1. The molecule has 1 amide bonds. The second-order valence-corrected chi connectivity index (χ2v) is 4.89. The Kier molecular flexibility index (Phi) is 4.33. The van der Waals surface area contributed by atoms with Gasteiger partial charge in [-0.05, 0) is 11.6 Å². The van der Waals surface area contributed by atoms with Crippen molar-refractivity contribution in [2.45, 2.75) is 6.04 Å². The summed E-state index contributed by atoms with van der Waals surface area (Å²) in [6, 6.07) is 16.9. The van der Waals surface area contributed by atoms with Crippen molar-refractivity contribution in [3.8, 4) is 5.75 Å². The normalized spacial score (nSPS) is 11.7. The first-order valence-corrected chi connectivity index (χ1v) is 7.13. The fourth-order valence-corrected chi connectivity index (χ4v) is 2.41. The number of aromatic nitrogens is 3. The number of hydrogen-bond acceptors (Lipinski definition) is 4. The maximum atomic E-state index is 12.4. The molecule has 6 nitrogen and oxygen atoms in total. The summed E-state index contributed by atoms with van der Waals surface area (Å²) in [5.41, 5.74) is 1.82. The predicted molar refractivity (Wildman–Crippen MR) is 85.1 cm³/mol. The van der Waals surface area contributed by atoms with Crippen LogP contribution in [-0.2, 0) is 0 Å². The van der Waals surface area contributed by atoms with Crippen LogP contribution in [0, 0.1) is 0 Å². The van der Waals surface area contributed by atoms with Gasteiger partial charge in [0.1, 0.15) is 12.1 Å². The molecule has 0 saturated carbocycles. The van der Waals surface area contributed by atoms with Crippen LogP contribution in [-0.4, -0.2) is 28.2 Å². The predicted octanol–water partition coefficient (Wildman–Crippen LogP) is 2.33. The van der Waals surface area contributed by atoms with Crippen molar-refractivity contribution in [2.24, 2.45) is 0 Å². The molecule has 23 heavy (non-hydrogen) atoms. The monoisotopic (exact) mass is 308 g/mol. The average molecular weight is 308 g/mol. The van der Waals surface area contributed by atoms with Gasteiger partial charge in [0.25, 0.3) is 5.91 Å². The van der Waals surface area contributed by atoms with Crippen LogP contribution in [0.15, 0.2) is 60.9 Å². The lowest BCUT2D eigenvalue weighted by Gasteiger charge is -2.21. The van der Waals surface area contributed by atoms with E-state index in [0.29, 0.717) is 5.75 Å². The van der Waals surface area contributed by atoms with E-state index in [-0.39, 0.29) is 17.8 Å². The minimum Gasteiger partial charge on any atom is -0.496 e. The number of ether oxygens (including phenoxy) is 1. The van der Waals surface area contributed by atoms with E-state index < -0.39 is 0 Å². The van der Waals surface area contributed by atoms with Crippen LogP contribution < -0.4 is 10.1 Å². The molecule has 0 fully saturated rings. The largest absolute Gasteiger partial charge is 0.496 e. The SMILES string of the molecule is COc1ccccc1C(NC(=O)c1ncn[nH]1)c1ccccc1. The van der Waals surface area contributed by atoms with E-state index >= 15 is 0 Å². The molecule has 0 aliphatic carbocycles. The van der Waals surface area contributed by atoms with Crippen LogP contribution in [0.3, 0.4) is 0 Å². The Morgan fingerprint density at radius 3 is 2.57 bits per heavy atom. The summed E-state index contributed by atoms with van der Waals surface area (Å²) in [4.78, 5) is 16.3. The number of carbonyl (C=O) groups is 1. The van der Waals surface area contributed by atoms with E-state index in [0.717, 1.165) is 11.1 Å². The molecule has 6 heteroatoms. The number of H-pyrrole nitrogens is 1. The first-order valence-electron chi connectivity index (χ1n) is 7.13. The molecule has 1 unspecified atom stereocenters. The first-order chi connectivity index (χ1) is 11.3. The number of nitrogens with one attached hydrogen (secondary N) is 2. The highest BCUT2D eigenvalue weighted by Crippen LogP contribution is 2.29. The molecule has 2 aromatic carbocycles. The first kappa shape index (κ1) is 14.8. The molecule has 1 atom stereocenters. The lowest BCUT2D eigenvalue weighted by molar-refractivity contribution is 0.0932. The molecule has 3 rings (SSSR count). The summed E-state index contributed by atoms with van der Waals surface area (Å²) in [5.74, 6) is 0.544. The van der Waals surface area contributed by atoms with Crippen molar-refractivity contribution >= 4 is 5.91 Å². The summed E-state index contributed by atoms with van der Waals surface area (Å²) in [5, 5.41) is 9.25. The molecule has 2 N–H and O–H groups in total. The number of hydrogen-bond donors (Lipinski definition) is 2. The lowest BCUT2D eigenvalue weighted by Crippen LogP contribution is -2.30. The van der Waals surface area contributed by atoms with Gasteiger partial charge in [0.15, 0.2) is 0 Å². The molecule has 0 spiro atoms. The average Bonchev–Trinajstić information content (AvgIpc) is 3.15. The van der Waals surface area contributed by atoms with Crippen molar-refractivity contribution in [3.05, 3.63) is 77.9 Å². The minimum atomic E-state index is -0.357. The molecule has 1 aromatic heterocycles. The van der Waals surface area contributed by atoms with Crippen LogP contribution >= 0.6 is 0 Å². The Hall–Kier alpha value is -3.15. The molecular weight excluding hydrogens is 292 g/mol. The smallest absolute Gasteiger partial charge is 0.289 e. The zero-order chi connectivity index (χ0) is 16.1. The van der Waals surface area contributed by atoms with E-state index in [9.17, 15) is 4.79 Å². The third-order valence-corrected chi connectivity index (χ3v) is 3.49. The number of para-hydroxylation sites is 1. The van der Waals surface area contributed by atoms with Gasteiger partial charge in [0.2, 0.25) is 5.82 Å². The van der Waals surface area contributed by atoms with E-state index in [4.69, 9.17) is 4.74 Å². The van der Waals surface area contributed by atoms with Gasteiger partial charge in [-0.15, -0.1) is 0 Å². The highest BCUT2D eigenvalue weighted by molar-refractivity contribution is 5.90. The Labute approximate surface area is 133 Å². The van der Waals surface area contributed by atoms with Gasteiger partial charge in [0.05, 0.1) is 13.2 Å². The van der Waals surface area contributed by atoms with Gasteiger partial charge in [-0.2, -0.15) is 5.10 Å². The summed E-state index contributed by atoms with van der Waals surface area (Å²) in [6.07, 6.45) is 1.30. The Morgan fingerprint density at radius 1 is 1.13 bits per heavy atom. The topological polar surface area (TPSA) is 79.9 Å². The van der Waals surface area contributed by atoms with Gasteiger partial charge in [-0.3, -0.25) is 9.89 Å². The van der Waals surface area contributed by atoms with E-state index in [1.165, 1.54) is 6.33 Å². The zero-order valence-electron chi connectivity index (χ0n) is 12.6. The van der Waals surface area contributed by atoms with Crippen LogP contribution in [0.5, 0.6) is 5.75 Å². The lowest BCUT2D eigenvalue weighted by atomic mass is 9.97. The maximum Gasteiger partial charge on any atom is 0.289 e. The van der Waals surface area contributed by atoms with Crippen molar-refractivity contribution in [1.29, 1.82) is 0 Å². The third-order valence-electron chi connectivity index (χ3n) is 3.49. The Balaban J connectivity index is 1.99. The molecule has 1 heterocycles. The molecule has 0 saturated heterocycles. The van der Waals surface area contributed by atoms with Crippen LogP contribution in [0.2, 0.25) is 0 Å². The second kappa shape index (κ2) is 6.74. The van der Waals surface area contributed by atoms with E-state index in [2.05, 4.69) is 20.5 Å². The van der Waals surface area contributed by atoms with Crippen LogP contribution in [0.1, 0.15) is 27.8 Å². The number of nitrogens with zero attached hydrogens (tertiary/aromatic N) is 2. The molecule has 0 bridgehead atoms. The molecule has 0 aliphatic heterocycles. The van der Waals surface area contributed by atoms with E-state index in [1.54, 1.807) is 7.11 Å². The Morgan fingerprint density at radius 2 is 1.87 bits per heavy atom. The third kappa shape index (κ3) is 3.21. The highest BCUT2D eigenvalue weighted by atomic mass is 16.5. The summed E-state index contributed by atoms with van der Waals surface area (Å²) >= 11 is 0. The maximum absolute atomic E-state index is 12.4. The standard InChI is InChI=1S/C17H16N4O2/c1-23-14-10-6-5-9-13(14)15(12-7-3-2-4-8-12)20-17(22)16-18-11-19-21-16/h2-11,15H,1H3,(H,20,22)(H,18,19,21). The fourth-order valence-electron chi connectivity index (χ4n) is 2.41. The molecule has 0 radical (unpaired) electrons. The summed E-state index contributed by atoms with van der Waals surface area (Å²) in [7, 11) is 1.61. The van der Waals surface area contributed by atoms with Crippen LogP contribution in [0.4, 0.5) is 0 Å². The number of methoxy groups -OCH3 is 1.